The number of phosphoric acid groups is 1. The number of unbranched alkanes of at least 4 members (excludes halogenated alkanes) is 12. The third-order valence-corrected chi connectivity index (χ3v) is 6.13. The van der Waals surface area contributed by atoms with Gasteiger partial charge < -0.3 is 19.2 Å². The number of nitrogens with zero attached hydrogens (tertiary/aromatic N) is 1. The zero-order valence-corrected chi connectivity index (χ0v) is 21.6. The minimum atomic E-state index is -4.13. The molecule has 0 aromatic carbocycles. The fourth-order valence-corrected chi connectivity index (χ4v) is 3.88. The molecule has 0 aliphatic rings. The second-order valence-electron chi connectivity index (χ2n) is 9.58. The molecule has 0 rings (SSSR count). The summed E-state index contributed by atoms with van der Waals surface area (Å²) in [5.74, 6) is 0. The Bertz CT molecular complexity index is 444. The molecule has 0 aliphatic carbocycles. The maximum Gasteiger partial charge on any atom is 0.472 e. The molecule has 0 aromatic heterocycles. The van der Waals surface area contributed by atoms with Crippen molar-refractivity contribution in [2.24, 2.45) is 0 Å². The Kier molecular flexibility index (Phi) is 19.5. The van der Waals surface area contributed by atoms with Crippen LogP contribution in [0.15, 0.2) is 0 Å². The molecule has 0 spiro atoms. The van der Waals surface area contributed by atoms with Gasteiger partial charge in [-0.3, -0.25) is 9.05 Å². The average Bonchev–Trinajstić information content (AvgIpc) is 2.68. The van der Waals surface area contributed by atoms with Crippen LogP contribution in [0, 0.1) is 0 Å². The minimum absolute atomic E-state index is 0.0944. The molecule has 2 N–H and O–H groups in total. The summed E-state index contributed by atoms with van der Waals surface area (Å²) in [7, 11) is 1.76. The fourth-order valence-electron chi connectivity index (χ4n) is 3.14. The molecule has 1 unspecified atom stereocenters. The van der Waals surface area contributed by atoms with E-state index in [1.165, 1.54) is 70.6 Å². The molecular formula is C23H51NO6P+. The first-order chi connectivity index (χ1) is 14.7. The quantitative estimate of drug-likeness (QED) is 0.120. The van der Waals surface area contributed by atoms with E-state index in [4.69, 9.17) is 13.8 Å². The van der Waals surface area contributed by atoms with Crippen LogP contribution in [0.2, 0.25) is 0 Å². The van der Waals surface area contributed by atoms with E-state index in [9.17, 15) is 14.6 Å². The molecule has 7 nitrogen and oxygen atoms in total. The lowest BCUT2D eigenvalue weighted by Crippen LogP contribution is -2.37. The van der Waals surface area contributed by atoms with Crippen LogP contribution in [0.4, 0.5) is 0 Å². The summed E-state index contributed by atoms with van der Waals surface area (Å²) in [6.45, 7) is 3.36. The average molecular weight is 469 g/mol. The van der Waals surface area contributed by atoms with Gasteiger partial charge >= 0.3 is 7.82 Å². The third kappa shape index (κ3) is 24.5. The van der Waals surface area contributed by atoms with E-state index >= 15 is 0 Å². The van der Waals surface area contributed by atoms with E-state index in [1.54, 1.807) is 0 Å². The predicted molar refractivity (Wildman–Crippen MR) is 127 cm³/mol. The molecule has 188 valence electrons. The molecule has 0 aliphatic heterocycles. The van der Waals surface area contributed by atoms with Crippen LogP contribution in [0.3, 0.4) is 0 Å². The van der Waals surface area contributed by atoms with E-state index in [-0.39, 0.29) is 19.8 Å². The van der Waals surface area contributed by atoms with Gasteiger partial charge in [-0.1, -0.05) is 84.0 Å². The van der Waals surface area contributed by atoms with Crippen LogP contribution < -0.4 is 0 Å². The fraction of sp³-hybridized carbons (Fsp3) is 1.00. The lowest BCUT2D eigenvalue weighted by atomic mass is 10.0. The van der Waals surface area contributed by atoms with Gasteiger partial charge in [0.1, 0.15) is 19.3 Å². The maximum atomic E-state index is 11.8. The molecule has 31 heavy (non-hydrogen) atoms. The lowest BCUT2D eigenvalue weighted by molar-refractivity contribution is -0.870. The number of aliphatic hydroxyl groups is 1. The molecule has 0 bridgehead atoms. The molecule has 0 saturated heterocycles. The molecular weight excluding hydrogens is 417 g/mol. The van der Waals surface area contributed by atoms with Crippen molar-refractivity contribution in [3.05, 3.63) is 0 Å². The van der Waals surface area contributed by atoms with Crippen molar-refractivity contribution in [1.29, 1.82) is 0 Å². The van der Waals surface area contributed by atoms with Gasteiger partial charge in [0.15, 0.2) is 0 Å². The molecule has 0 fully saturated rings. The number of phosphoric ester groups is 1. The SMILES string of the molecule is CCCCCCCCCCCCCCCOC[C@@H](O)COP(=O)(O)OCC[N+](C)(C)C. The summed E-state index contributed by atoms with van der Waals surface area (Å²) >= 11 is 0. The molecule has 0 heterocycles. The van der Waals surface area contributed by atoms with Gasteiger partial charge in [0, 0.05) is 6.61 Å². The topological polar surface area (TPSA) is 85.2 Å². The zero-order valence-electron chi connectivity index (χ0n) is 20.7. The van der Waals surface area contributed by atoms with Gasteiger partial charge in [-0.15, -0.1) is 0 Å². The number of ether oxygens (including phenoxy) is 1. The second kappa shape index (κ2) is 19.5. The van der Waals surface area contributed by atoms with Crippen molar-refractivity contribution < 1.29 is 32.8 Å². The normalized spacial score (nSPS) is 15.2. The summed E-state index contributed by atoms with van der Waals surface area (Å²) in [6, 6.07) is 0. The summed E-state index contributed by atoms with van der Waals surface area (Å²) < 4.78 is 27.6. The Morgan fingerprint density at radius 2 is 1.23 bits per heavy atom. The van der Waals surface area contributed by atoms with Crippen molar-refractivity contribution in [2.75, 3.05) is 54.1 Å². The lowest BCUT2D eigenvalue weighted by Gasteiger charge is -2.24. The first-order valence-electron chi connectivity index (χ1n) is 12.3. The minimum Gasteiger partial charge on any atom is -0.388 e. The Balaban J connectivity index is 3.42. The highest BCUT2D eigenvalue weighted by Crippen LogP contribution is 2.43. The van der Waals surface area contributed by atoms with Gasteiger partial charge in [-0.2, -0.15) is 0 Å². The standard InChI is InChI=1S/C23H50NO6P/c1-5-6-7-8-9-10-11-12-13-14-15-16-17-19-28-21-23(25)22-30-31(26,27)29-20-18-24(2,3)4/h23,25H,5-22H2,1-4H3/p+1/t23-/m1/s1. The molecule has 2 atom stereocenters. The van der Waals surface area contributed by atoms with E-state index in [1.807, 2.05) is 21.1 Å². The van der Waals surface area contributed by atoms with Crippen LogP contribution in [0.5, 0.6) is 0 Å². The first kappa shape index (κ1) is 31.0. The number of quaternary nitrogens is 1. The van der Waals surface area contributed by atoms with E-state index in [0.29, 0.717) is 17.6 Å². The van der Waals surface area contributed by atoms with Crippen molar-refractivity contribution >= 4 is 7.82 Å². The number of rotatable bonds is 23. The van der Waals surface area contributed by atoms with Crippen molar-refractivity contribution in [3.8, 4) is 0 Å². The largest absolute Gasteiger partial charge is 0.472 e. The van der Waals surface area contributed by atoms with Gasteiger partial charge in [0.25, 0.3) is 0 Å². The second-order valence-corrected chi connectivity index (χ2v) is 11.0. The van der Waals surface area contributed by atoms with E-state index < -0.39 is 13.9 Å². The first-order valence-corrected chi connectivity index (χ1v) is 13.8. The monoisotopic (exact) mass is 468 g/mol. The molecule has 0 saturated carbocycles. The maximum absolute atomic E-state index is 11.8. The van der Waals surface area contributed by atoms with Crippen molar-refractivity contribution in [1.82, 2.24) is 0 Å². The van der Waals surface area contributed by atoms with Crippen LogP contribution in [0.1, 0.15) is 90.4 Å². The highest BCUT2D eigenvalue weighted by atomic mass is 31.2. The summed E-state index contributed by atoms with van der Waals surface area (Å²) in [4.78, 5) is 9.62. The molecule has 0 aromatic rings. The van der Waals surface area contributed by atoms with E-state index in [0.717, 1.165) is 12.8 Å². The summed E-state index contributed by atoms with van der Waals surface area (Å²) in [5, 5.41) is 9.83. The van der Waals surface area contributed by atoms with Gasteiger partial charge in [0.05, 0.1) is 34.4 Å². The van der Waals surface area contributed by atoms with Crippen molar-refractivity contribution in [2.45, 2.75) is 96.5 Å². The molecule has 0 amide bonds. The Morgan fingerprint density at radius 1 is 0.742 bits per heavy atom. The number of aliphatic hydroxyl groups excluding tert-OH is 1. The van der Waals surface area contributed by atoms with Crippen LogP contribution in [-0.4, -0.2) is 74.7 Å². The van der Waals surface area contributed by atoms with Crippen LogP contribution in [-0.2, 0) is 18.3 Å². The third-order valence-electron chi connectivity index (χ3n) is 5.15. The number of hydrogen-bond acceptors (Lipinski definition) is 5. The Hall–Kier alpha value is -0.0100. The van der Waals surface area contributed by atoms with Crippen LogP contribution >= 0.6 is 7.82 Å². The summed E-state index contributed by atoms with van der Waals surface area (Å²) in [5.41, 5.74) is 0. The smallest absolute Gasteiger partial charge is 0.388 e. The summed E-state index contributed by atoms with van der Waals surface area (Å²) in [6.07, 6.45) is 16.0. The Labute approximate surface area is 191 Å². The number of hydrogen-bond donors (Lipinski definition) is 2. The van der Waals surface area contributed by atoms with E-state index in [2.05, 4.69) is 6.92 Å². The Morgan fingerprint density at radius 3 is 1.71 bits per heavy atom. The van der Waals surface area contributed by atoms with Gasteiger partial charge in [-0.25, -0.2) is 4.57 Å². The predicted octanol–water partition coefficient (Wildman–Crippen LogP) is 5.29. The highest BCUT2D eigenvalue weighted by Gasteiger charge is 2.24. The zero-order chi connectivity index (χ0) is 23.4. The van der Waals surface area contributed by atoms with Crippen LogP contribution in [0.25, 0.3) is 0 Å². The molecule has 8 heteroatoms. The van der Waals surface area contributed by atoms with Gasteiger partial charge in [0.2, 0.25) is 0 Å². The van der Waals surface area contributed by atoms with Gasteiger partial charge in [-0.05, 0) is 6.42 Å². The number of likely N-dealkylation sites (N-methyl/N-ethyl adjacent to an activating group) is 1. The van der Waals surface area contributed by atoms with Crippen molar-refractivity contribution in [3.63, 3.8) is 0 Å². The molecule has 0 radical (unpaired) electrons. The highest BCUT2D eigenvalue weighted by molar-refractivity contribution is 7.47.